The summed E-state index contributed by atoms with van der Waals surface area (Å²) in [7, 11) is 1.97. The highest BCUT2D eigenvalue weighted by Crippen LogP contribution is 2.23. The molecule has 0 spiro atoms. The van der Waals surface area contributed by atoms with E-state index < -0.39 is 0 Å². The summed E-state index contributed by atoms with van der Waals surface area (Å²) in [6.07, 6.45) is 3.77. The zero-order chi connectivity index (χ0) is 22.4. The Bertz CT molecular complexity index is 574. The summed E-state index contributed by atoms with van der Waals surface area (Å²) in [6.45, 7) is 15.6. The predicted octanol–water partition coefficient (Wildman–Crippen LogP) is 1.54. The molecule has 0 radical (unpaired) electrons. The molecule has 0 bridgehead atoms. The maximum atomic E-state index is 12.2. The summed E-state index contributed by atoms with van der Waals surface area (Å²) >= 11 is 0. The average molecular weight is 425 g/mol. The van der Waals surface area contributed by atoms with E-state index in [1.54, 1.807) is 0 Å². The zero-order valence-electron chi connectivity index (χ0n) is 19.9. The molecule has 4 N–H and O–H groups in total. The molecular weight excluding hydrogens is 380 g/mol. The van der Waals surface area contributed by atoms with Crippen LogP contribution < -0.4 is 21.5 Å². The van der Waals surface area contributed by atoms with Crippen LogP contribution in [0.15, 0.2) is 0 Å². The van der Waals surface area contributed by atoms with Crippen LogP contribution in [0.4, 0.5) is 4.79 Å². The highest BCUT2D eigenvalue weighted by atomic mass is 16.2. The molecule has 2 fully saturated rings. The topological polar surface area (TPSA) is 88.7 Å². The van der Waals surface area contributed by atoms with Gasteiger partial charge in [0.2, 0.25) is 5.91 Å². The van der Waals surface area contributed by atoms with Gasteiger partial charge in [-0.1, -0.05) is 34.6 Å². The summed E-state index contributed by atoms with van der Waals surface area (Å²) in [5, 5.41) is 6.36. The highest BCUT2D eigenvalue weighted by molar-refractivity contribution is 5.76. The van der Waals surface area contributed by atoms with E-state index >= 15 is 0 Å². The van der Waals surface area contributed by atoms with Crippen molar-refractivity contribution in [3.8, 4) is 0 Å². The first-order valence-electron chi connectivity index (χ1n) is 11.5. The summed E-state index contributed by atoms with van der Waals surface area (Å²) < 4.78 is 0. The molecule has 0 aromatic heterocycles. The number of piperidine rings is 1. The van der Waals surface area contributed by atoms with E-state index in [4.69, 9.17) is 0 Å². The van der Waals surface area contributed by atoms with Crippen molar-refractivity contribution in [2.24, 2.45) is 10.8 Å². The Kier molecular flexibility index (Phi) is 8.94. The second-order valence-electron chi connectivity index (χ2n) is 10.6. The van der Waals surface area contributed by atoms with Gasteiger partial charge in [0.15, 0.2) is 0 Å². The van der Waals surface area contributed by atoms with E-state index in [-0.39, 0.29) is 34.9 Å². The minimum atomic E-state index is -0.0651. The van der Waals surface area contributed by atoms with Crippen LogP contribution in [-0.2, 0) is 4.79 Å². The van der Waals surface area contributed by atoms with Gasteiger partial charge in [-0.05, 0) is 37.1 Å². The lowest BCUT2D eigenvalue weighted by Gasteiger charge is -2.41. The smallest absolute Gasteiger partial charge is 0.317 e. The van der Waals surface area contributed by atoms with Crippen LogP contribution >= 0.6 is 0 Å². The number of hydrazine groups is 1. The minimum absolute atomic E-state index is 0.00248. The van der Waals surface area contributed by atoms with Crippen LogP contribution in [0.25, 0.3) is 0 Å². The predicted molar refractivity (Wildman–Crippen MR) is 121 cm³/mol. The Balaban J connectivity index is 1.90. The average Bonchev–Trinajstić information content (AvgIpc) is 2.67. The van der Waals surface area contributed by atoms with Gasteiger partial charge in [-0.25, -0.2) is 4.79 Å². The molecule has 8 heteroatoms. The molecule has 2 aliphatic rings. The number of likely N-dealkylation sites (tertiary alicyclic amines) is 1. The van der Waals surface area contributed by atoms with Crippen molar-refractivity contribution in [1.82, 2.24) is 31.3 Å². The Hall–Kier alpha value is -1.38. The maximum Gasteiger partial charge on any atom is 0.317 e. The van der Waals surface area contributed by atoms with Gasteiger partial charge in [0.1, 0.15) is 0 Å². The second-order valence-corrected chi connectivity index (χ2v) is 10.6. The maximum absolute atomic E-state index is 12.2. The number of urea groups is 1. The summed E-state index contributed by atoms with van der Waals surface area (Å²) in [5.74, 6) is 0.274. The molecular formula is C22H44N6O2. The molecule has 174 valence electrons. The molecule has 2 rings (SSSR count). The summed E-state index contributed by atoms with van der Waals surface area (Å²) in [4.78, 5) is 28.3. The largest absolute Gasteiger partial charge is 0.341 e. The molecule has 2 aliphatic heterocycles. The third-order valence-corrected chi connectivity index (χ3v) is 6.55. The van der Waals surface area contributed by atoms with Gasteiger partial charge in [0, 0.05) is 57.8 Å². The first kappa shape index (κ1) is 24.9. The Labute approximate surface area is 182 Å². The first-order chi connectivity index (χ1) is 14.0. The van der Waals surface area contributed by atoms with Crippen LogP contribution in [0.3, 0.4) is 0 Å². The van der Waals surface area contributed by atoms with Crippen LogP contribution in [0.2, 0.25) is 0 Å². The Morgan fingerprint density at radius 2 is 1.63 bits per heavy atom. The molecule has 0 aliphatic carbocycles. The quantitative estimate of drug-likeness (QED) is 0.400. The fourth-order valence-electron chi connectivity index (χ4n) is 4.14. The van der Waals surface area contributed by atoms with E-state index in [0.29, 0.717) is 13.0 Å². The Morgan fingerprint density at radius 1 is 0.967 bits per heavy atom. The number of amides is 3. The van der Waals surface area contributed by atoms with Gasteiger partial charge in [-0.3, -0.25) is 15.6 Å². The van der Waals surface area contributed by atoms with E-state index in [0.717, 1.165) is 52.0 Å². The standard InChI is InChI=1S/C22H44N6O2/c1-21(2,3)17(14-28-13-9-11-24-20(28)30)26-25-16-22(4,5)18(23-6)15-27-12-8-7-10-19(27)29/h17-18,23,25-26H,7-16H2,1-6H3,(H,24,30)/t17-,18-/m1/s1. The lowest BCUT2D eigenvalue weighted by Crippen LogP contribution is -2.60. The van der Waals surface area contributed by atoms with Gasteiger partial charge in [-0.15, -0.1) is 0 Å². The number of hydrogen-bond acceptors (Lipinski definition) is 5. The molecule has 0 unspecified atom stereocenters. The van der Waals surface area contributed by atoms with Gasteiger partial charge in [0.05, 0.1) is 0 Å². The highest BCUT2D eigenvalue weighted by Gasteiger charge is 2.33. The Morgan fingerprint density at radius 3 is 2.23 bits per heavy atom. The van der Waals surface area contributed by atoms with Gasteiger partial charge >= 0.3 is 6.03 Å². The normalized spacial score (nSPS) is 20.9. The van der Waals surface area contributed by atoms with Crippen LogP contribution in [0, 0.1) is 10.8 Å². The van der Waals surface area contributed by atoms with E-state index in [1.165, 1.54) is 0 Å². The lowest BCUT2D eigenvalue weighted by molar-refractivity contribution is -0.134. The van der Waals surface area contributed by atoms with Crippen LogP contribution in [0.5, 0.6) is 0 Å². The minimum Gasteiger partial charge on any atom is -0.341 e. The van der Waals surface area contributed by atoms with Gasteiger partial charge in [-0.2, -0.15) is 0 Å². The number of carbonyl (C=O) groups excluding carboxylic acids is 2. The third kappa shape index (κ3) is 7.10. The zero-order valence-corrected chi connectivity index (χ0v) is 19.9. The van der Waals surface area contributed by atoms with E-state index in [1.807, 2.05) is 16.8 Å². The number of carbonyl (C=O) groups is 2. The third-order valence-electron chi connectivity index (χ3n) is 6.55. The van der Waals surface area contributed by atoms with Gasteiger partial charge in [0.25, 0.3) is 0 Å². The molecule has 2 heterocycles. The van der Waals surface area contributed by atoms with E-state index in [9.17, 15) is 9.59 Å². The molecule has 0 saturated carbocycles. The van der Waals surface area contributed by atoms with Crippen molar-refractivity contribution in [2.75, 3.05) is 46.3 Å². The van der Waals surface area contributed by atoms with Crippen molar-refractivity contribution in [2.45, 2.75) is 72.4 Å². The molecule has 30 heavy (non-hydrogen) atoms. The fraction of sp³-hybridized carbons (Fsp3) is 0.909. The summed E-state index contributed by atoms with van der Waals surface area (Å²) in [6, 6.07) is 0.336. The van der Waals surface area contributed by atoms with Crippen LogP contribution in [0.1, 0.15) is 60.3 Å². The molecule has 8 nitrogen and oxygen atoms in total. The number of likely N-dealkylation sites (N-methyl/N-ethyl adjacent to an activating group) is 1. The first-order valence-corrected chi connectivity index (χ1v) is 11.5. The molecule has 0 aromatic carbocycles. The summed E-state index contributed by atoms with van der Waals surface area (Å²) in [5.41, 5.74) is 6.88. The van der Waals surface area contributed by atoms with Crippen molar-refractivity contribution in [3.63, 3.8) is 0 Å². The number of nitrogens with one attached hydrogen (secondary N) is 4. The van der Waals surface area contributed by atoms with Crippen molar-refractivity contribution >= 4 is 11.9 Å². The SMILES string of the molecule is CN[C@H](CN1CCCCC1=O)C(C)(C)CNN[C@H](CN1CCCNC1=O)C(C)(C)C. The van der Waals surface area contributed by atoms with Crippen molar-refractivity contribution in [3.05, 3.63) is 0 Å². The van der Waals surface area contributed by atoms with Crippen molar-refractivity contribution < 1.29 is 9.59 Å². The van der Waals surface area contributed by atoms with E-state index in [2.05, 4.69) is 56.1 Å². The number of hydrogen-bond donors (Lipinski definition) is 4. The molecule has 2 atom stereocenters. The monoisotopic (exact) mass is 424 g/mol. The number of rotatable bonds is 10. The molecule has 0 aromatic rings. The molecule has 3 amide bonds. The fourth-order valence-corrected chi connectivity index (χ4v) is 4.14. The van der Waals surface area contributed by atoms with Gasteiger partial charge < -0.3 is 20.4 Å². The number of nitrogens with zero attached hydrogens (tertiary/aromatic N) is 2. The van der Waals surface area contributed by atoms with Crippen LogP contribution in [-0.4, -0.2) is 80.1 Å². The lowest BCUT2D eigenvalue weighted by atomic mass is 9.83. The van der Waals surface area contributed by atoms with Crippen molar-refractivity contribution in [1.29, 1.82) is 0 Å². The molecule has 2 saturated heterocycles. The second kappa shape index (κ2) is 10.8.